The second-order valence-electron chi connectivity index (χ2n) is 5.93. The van der Waals surface area contributed by atoms with Gasteiger partial charge in [-0.3, -0.25) is 4.79 Å². The molecule has 0 radical (unpaired) electrons. The van der Waals surface area contributed by atoms with Gasteiger partial charge >= 0.3 is 0 Å². The molecule has 2 aliphatic rings. The molecule has 1 aliphatic carbocycles. The first-order chi connectivity index (χ1) is 9.70. The van der Waals surface area contributed by atoms with E-state index in [9.17, 15) is 4.79 Å². The number of carbonyl (C=O) groups is 1. The summed E-state index contributed by atoms with van der Waals surface area (Å²) in [6.07, 6.45) is 6.53. The highest BCUT2D eigenvalue weighted by Gasteiger charge is 2.29. The summed E-state index contributed by atoms with van der Waals surface area (Å²) >= 11 is 2.02. The molecule has 1 saturated heterocycles. The van der Waals surface area contributed by atoms with Crippen LogP contribution in [0.25, 0.3) is 0 Å². The van der Waals surface area contributed by atoms with Crippen molar-refractivity contribution >= 4 is 30.1 Å². The molecule has 0 aromatic heterocycles. The van der Waals surface area contributed by atoms with Crippen LogP contribution >= 0.6 is 24.2 Å². The summed E-state index contributed by atoms with van der Waals surface area (Å²) < 4.78 is 5.33. The summed E-state index contributed by atoms with van der Waals surface area (Å²) in [6.45, 7) is 3.68. The van der Waals surface area contributed by atoms with E-state index in [4.69, 9.17) is 10.5 Å². The van der Waals surface area contributed by atoms with Gasteiger partial charge in [-0.15, -0.1) is 12.4 Å². The summed E-state index contributed by atoms with van der Waals surface area (Å²) in [7, 11) is 0. The first-order valence-corrected chi connectivity index (χ1v) is 9.01. The molecule has 0 aromatic carbocycles. The molecule has 124 valence electrons. The van der Waals surface area contributed by atoms with Gasteiger partial charge in [-0.25, -0.2) is 0 Å². The Morgan fingerprint density at radius 3 is 2.71 bits per heavy atom. The lowest BCUT2D eigenvalue weighted by Crippen LogP contribution is -2.51. The quantitative estimate of drug-likeness (QED) is 0.808. The lowest BCUT2D eigenvalue weighted by molar-refractivity contribution is -0.125. The number of hydrogen-bond donors (Lipinski definition) is 2. The average Bonchev–Trinajstić information content (AvgIpc) is 2.48. The van der Waals surface area contributed by atoms with Crippen LogP contribution in [0.15, 0.2) is 0 Å². The van der Waals surface area contributed by atoms with E-state index < -0.39 is 0 Å². The normalized spacial score (nSPS) is 28.5. The van der Waals surface area contributed by atoms with Crippen LogP contribution in [0.4, 0.5) is 0 Å². The zero-order valence-corrected chi connectivity index (χ0v) is 14.5. The molecule has 4 nitrogen and oxygen atoms in total. The van der Waals surface area contributed by atoms with Crippen LogP contribution < -0.4 is 11.1 Å². The third kappa shape index (κ3) is 5.97. The van der Waals surface area contributed by atoms with Gasteiger partial charge in [0.15, 0.2) is 0 Å². The molecule has 1 heterocycles. The number of thioether (sulfide) groups is 1. The third-order valence-electron chi connectivity index (χ3n) is 4.45. The topological polar surface area (TPSA) is 64.4 Å². The SMILES string of the molecule is CCSC1CCCC(NC(=O)C(N)C2CCOCC2)C1.Cl. The number of hydrogen-bond acceptors (Lipinski definition) is 4. The van der Waals surface area contributed by atoms with E-state index >= 15 is 0 Å². The molecule has 2 rings (SSSR count). The minimum absolute atomic E-state index is 0. The standard InChI is InChI=1S/C15H28N2O2S.ClH/c1-2-20-13-5-3-4-12(10-13)17-15(18)14(16)11-6-8-19-9-7-11;/h11-14H,2-10,16H2,1H3,(H,17,18);1H. The number of carbonyl (C=O) groups excluding carboxylic acids is 1. The molecule has 0 spiro atoms. The van der Waals surface area contributed by atoms with Crippen LogP contribution in [-0.4, -0.2) is 42.2 Å². The molecule has 2 fully saturated rings. The van der Waals surface area contributed by atoms with Gasteiger partial charge in [-0.1, -0.05) is 13.3 Å². The van der Waals surface area contributed by atoms with Crippen molar-refractivity contribution in [3.05, 3.63) is 0 Å². The van der Waals surface area contributed by atoms with Gasteiger partial charge in [0.2, 0.25) is 5.91 Å². The summed E-state index contributed by atoms with van der Waals surface area (Å²) in [4.78, 5) is 12.3. The Morgan fingerprint density at radius 1 is 1.33 bits per heavy atom. The predicted octanol–water partition coefficient (Wildman–Crippen LogP) is 2.34. The fraction of sp³-hybridized carbons (Fsp3) is 0.933. The Morgan fingerprint density at radius 2 is 2.05 bits per heavy atom. The van der Waals surface area contributed by atoms with Crippen molar-refractivity contribution < 1.29 is 9.53 Å². The minimum atomic E-state index is -0.363. The van der Waals surface area contributed by atoms with Gasteiger partial charge in [0.1, 0.15) is 0 Å². The number of nitrogens with two attached hydrogens (primary N) is 1. The predicted molar refractivity (Wildman–Crippen MR) is 91.1 cm³/mol. The third-order valence-corrected chi connectivity index (χ3v) is 5.68. The van der Waals surface area contributed by atoms with Gasteiger partial charge in [0, 0.05) is 24.5 Å². The molecule has 6 heteroatoms. The number of nitrogens with one attached hydrogen (secondary N) is 1. The minimum Gasteiger partial charge on any atom is -0.381 e. The highest BCUT2D eigenvalue weighted by atomic mass is 35.5. The lowest BCUT2D eigenvalue weighted by Gasteiger charge is -2.32. The molecule has 1 saturated carbocycles. The molecule has 0 aromatic rings. The second kappa shape index (κ2) is 9.93. The molecule has 1 aliphatic heterocycles. The van der Waals surface area contributed by atoms with Crippen molar-refractivity contribution in [2.24, 2.45) is 11.7 Å². The highest BCUT2D eigenvalue weighted by molar-refractivity contribution is 7.99. The molecule has 3 unspecified atom stereocenters. The van der Waals surface area contributed by atoms with Crippen molar-refractivity contribution in [2.45, 2.75) is 62.8 Å². The summed E-state index contributed by atoms with van der Waals surface area (Å²) in [5, 5.41) is 3.89. The molecular formula is C15H29ClN2O2S. The van der Waals surface area contributed by atoms with Crippen molar-refractivity contribution in [2.75, 3.05) is 19.0 Å². The molecule has 1 amide bonds. The van der Waals surface area contributed by atoms with E-state index in [1.54, 1.807) is 0 Å². The molecule has 0 bridgehead atoms. The number of rotatable bonds is 5. The zero-order valence-electron chi connectivity index (χ0n) is 12.9. The van der Waals surface area contributed by atoms with Crippen molar-refractivity contribution in [1.29, 1.82) is 0 Å². The van der Waals surface area contributed by atoms with Crippen LogP contribution in [0.2, 0.25) is 0 Å². The lowest BCUT2D eigenvalue weighted by atomic mass is 9.90. The molecule has 3 atom stereocenters. The first-order valence-electron chi connectivity index (χ1n) is 7.96. The van der Waals surface area contributed by atoms with E-state index in [1.165, 1.54) is 12.8 Å². The highest BCUT2D eigenvalue weighted by Crippen LogP contribution is 2.28. The average molecular weight is 337 g/mol. The fourth-order valence-electron chi connectivity index (χ4n) is 3.25. The van der Waals surface area contributed by atoms with E-state index in [1.807, 2.05) is 11.8 Å². The maximum atomic E-state index is 12.3. The first kappa shape index (κ1) is 19.1. The Hall–Kier alpha value is 0.0300. The van der Waals surface area contributed by atoms with E-state index in [2.05, 4.69) is 12.2 Å². The summed E-state index contributed by atoms with van der Waals surface area (Å²) in [6, 6.07) is -0.0377. The van der Waals surface area contributed by atoms with Gasteiger partial charge in [0.25, 0.3) is 0 Å². The Kier molecular flexibility index (Phi) is 9.02. The number of halogens is 1. The van der Waals surface area contributed by atoms with Crippen LogP contribution in [0.1, 0.15) is 45.4 Å². The monoisotopic (exact) mass is 336 g/mol. The summed E-state index contributed by atoms with van der Waals surface area (Å²) in [5.41, 5.74) is 6.13. The van der Waals surface area contributed by atoms with Gasteiger partial charge in [0.05, 0.1) is 6.04 Å². The molecule has 21 heavy (non-hydrogen) atoms. The number of amides is 1. The van der Waals surface area contributed by atoms with Gasteiger partial charge in [-0.05, 0) is 43.8 Å². The van der Waals surface area contributed by atoms with E-state index in [-0.39, 0.29) is 30.3 Å². The maximum absolute atomic E-state index is 12.3. The largest absolute Gasteiger partial charge is 0.381 e. The Bertz CT molecular complexity index is 312. The van der Waals surface area contributed by atoms with Gasteiger partial charge in [-0.2, -0.15) is 11.8 Å². The van der Waals surface area contributed by atoms with Crippen molar-refractivity contribution in [3.63, 3.8) is 0 Å². The van der Waals surface area contributed by atoms with Crippen LogP contribution in [0, 0.1) is 5.92 Å². The molecular weight excluding hydrogens is 308 g/mol. The van der Waals surface area contributed by atoms with Crippen molar-refractivity contribution in [1.82, 2.24) is 5.32 Å². The smallest absolute Gasteiger partial charge is 0.237 e. The van der Waals surface area contributed by atoms with E-state index in [0.29, 0.717) is 11.3 Å². The van der Waals surface area contributed by atoms with E-state index in [0.717, 1.165) is 44.6 Å². The summed E-state index contributed by atoms with van der Waals surface area (Å²) in [5.74, 6) is 1.49. The number of ether oxygens (including phenoxy) is 1. The van der Waals surface area contributed by atoms with Crippen LogP contribution in [-0.2, 0) is 9.53 Å². The Balaban J connectivity index is 0.00000220. The second-order valence-corrected chi connectivity index (χ2v) is 7.50. The maximum Gasteiger partial charge on any atom is 0.237 e. The zero-order chi connectivity index (χ0) is 14.4. The Labute approximate surface area is 138 Å². The van der Waals surface area contributed by atoms with Crippen LogP contribution in [0.3, 0.4) is 0 Å². The molecule has 3 N–H and O–H groups in total. The van der Waals surface area contributed by atoms with Crippen LogP contribution in [0.5, 0.6) is 0 Å². The fourth-order valence-corrected chi connectivity index (χ4v) is 4.42. The van der Waals surface area contributed by atoms with Gasteiger partial charge < -0.3 is 15.8 Å². The van der Waals surface area contributed by atoms with Crippen molar-refractivity contribution in [3.8, 4) is 0 Å².